The van der Waals surface area contributed by atoms with Gasteiger partial charge < -0.3 is 11.1 Å². The lowest BCUT2D eigenvalue weighted by atomic mass is 10.0. The standard InChI is InChI=1S/C12H18N2O3S/c1-4-18(16,17)10-8-6-5-7-9(10)14-12(2,3)11(13)15/h5-8,14H,4H2,1-3H3,(H2,13,15). The highest BCUT2D eigenvalue weighted by Gasteiger charge is 2.27. The van der Waals surface area contributed by atoms with Crippen LogP contribution in [0, 0.1) is 0 Å². The van der Waals surface area contributed by atoms with Gasteiger partial charge in [0.25, 0.3) is 0 Å². The molecule has 0 saturated carbocycles. The number of benzene rings is 1. The summed E-state index contributed by atoms with van der Waals surface area (Å²) in [6.45, 7) is 4.78. The Kier molecular flexibility index (Phi) is 4.01. The molecule has 5 nitrogen and oxygen atoms in total. The number of para-hydroxylation sites is 1. The zero-order valence-electron chi connectivity index (χ0n) is 10.7. The summed E-state index contributed by atoms with van der Waals surface area (Å²) in [4.78, 5) is 11.4. The summed E-state index contributed by atoms with van der Waals surface area (Å²) < 4.78 is 23.8. The number of nitrogens with two attached hydrogens (primary N) is 1. The first kappa shape index (κ1) is 14.5. The predicted molar refractivity (Wildman–Crippen MR) is 71.1 cm³/mol. The van der Waals surface area contributed by atoms with Crippen molar-refractivity contribution in [1.82, 2.24) is 0 Å². The van der Waals surface area contributed by atoms with Gasteiger partial charge in [0.15, 0.2) is 9.84 Å². The molecule has 1 rings (SSSR count). The topological polar surface area (TPSA) is 89.3 Å². The van der Waals surface area contributed by atoms with Crippen LogP contribution in [0.3, 0.4) is 0 Å². The quantitative estimate of drug-likeness (QED) is 0.840. The van der Waals surface area contributed by atoms with E-state index in [2.05, 4.69) is 5.32 Å². The molecule has 0 aromatic heterocycles. The Labute approximate surface area is 107 Å². The Morgan fingerprint density at radius 2 is 1.89 bits per heavy atom. The summed E-state index contributed by atoms with van der Waals surface area (Å²) in [5.74, 6) is -0.547. The molecule has 0 bridgehead atoms. The largest absolute Gasteiger partial charge is 0.371 e. The number of carbonyl (C=O) groups is 1. The Morgan fingerprint density at radius 1 is 1.33 bits per heavy atom. The molecule has 1 amide bonds. The van der Waals surface area contributed by atoms with E-state index in [9.17, 15) is 13.2 Å². The zero-order chi connectivity index (χ0) is 14.0. The van der Waals surface area contributed by atoms with Crippen LogP contribution in [-0.4, -0.2) is 25.6 Å². The highest BCUT2D eigenvalue weighted by Crippen LogP contribution is 2.24. The van der Waals surface area contributed by atoms with Crippen molar-refractivity contribution in [3.63, 3.8) is 0 Å². The Morgan fingerprint density at radius 3 is 2.39 bits per heavy atom. The van der Waals surface area contributed by atoms with Crippen molar-refractivity contribution in [3.05, 3.63) is 24.3 Å². The van der Waals surface area contributed by atoms with Crippen LogP contribution in [0.15, 0.2) is 29.2 Å². The minimum atomic E-state index is -3.34. The fourth-order valence-corrected chi connectivity index (χ4v) is 2.45. The van der Waals surface area contributed by atoms with Crippen molar-refractivity contribution >= 4 is 21.4 Å². The first-order valence-corrected chi connectivity index (χ1v) is 7.26. The van der Waals surface area contributed by atoms with Crippen LogP contribution in [0.4, 0.5) is 5.69 Å². The second kappa shape index (κ2) is 4.97. The van der Waals surface area contributed by atoms with Gasteiger partial charge in [-0.2, -0.15) is 0 Å². The molecule has 0 aliphatic heterocycles. The van der Waals surface area contributed by atoms with Gasteiger partial charge in [-0.05, 0) is 26.0 Å². The lowest BCUT2D eigenvalue weighted by Gasteiger charge is -2.25. The van der Waals surface area contributed by atoms with Crippen LogP contribution < -0.4 is 11.1 Å². The number of anilines is 1. The third-order valence-corrected chi connectivity index (χ3v) is 4.45. The van der Waals surface area contributed by atoms with Crippen LogP contribution >= 0.6 is 0 Å². The molecule has 6 heteroatoms. The number of carbonyl (C=O) groups excluding carboxylic acids is 1. The smallest absolute Gasteiger partial charge is 0.242 e. The fourth-order valence-electron chi connectivity index (χ4n) is 1.39. The fraction of sp³-hybridized carbons (Fsp3) is 0.417. The van der Waals surface area contributed by atoms with Gasteiger partial charge in [0.05, 0.1) is 16.3 Å². The maximum atomic E-state index is 11.9. The second-order valence-corrected chi connectivity index (χ2v) is 6.76. The van der Waals surface area contributed by atoms with E-state index < -0.39 is 21.3 Å². The highest BCUT2D eigenvalue weighted by atomic mass is 32.2. The number of nitrogens with one attached hydrogen (secondary N) is 1. The van der Waals surface area contributed by atoms with Crippen LogP contribution in [-0.2, 0) is 14.6 Å². The summed E-state index contributed by atoms with van der Waals surface area (Å²) in [7, 11) is -3.34. The van der Waals surface area contributed by atoms with Crippen molar-refractivity contribution in [2.45, 2.75) is 31.2 Å². The first-order chi connectivity index (χ1) is 8.20. The molecule has 18 heavy (non-hydrogen) atoms. The van der Waals surface area contributed by atoms with E-state index in [1.807, 2.05) is 0 Å². The summed E-state index contributed by atoms with van der Waals surface area (Å²) in [5.41, 5.74) is 4.64. The molecule has 0 fully saturated rings. The molecule has 1 aromatic rings. The molecule has 3 N–H and O–H groups in total. The molecule has 1 aromatic carbocycles. The molecule has 0 unspecified atom stereocenters. The molecule has 0 aliphatic rings. The third-order valence-electron chi connectivity index (χ3n) is 2.67. The van der Waals surface area contributed by atoms with Crippen molar-refractivity contribution in [1.29, 1.82) is 0 Å². The molecule has 0 spiro atoms. The number of hydrogen-bond acceptors (Lipinski definition) is 4. The molecule has 0 atom stereocenters. The first-order valence-electron chi connectivity index (χ1n) is 5.60. The van der Waals surface area contributed by atoms with Crippen molar-refractivity contribution < 1.29 is 13.2 Å². The Bertz CT molecular complexity index is 550. The predicted octanol–water partition coefficient (Wildman–Crippen LogP) is 1.16. The van der Waals surface area contributed by atoms with Crippen LogP contribution in [0.25, 0.3) is 0 Å². The van der Waals surface area contributed by atoms with E-state index in [0.29, 0.717) is 5.69 Å². The maximum Gasteiger partial charge on any atom is 0.242 e. The average molecular weight is 270 g/mol. The summed E-state index contributed by atoms with van der Waals surface area (Å²) in [5, 5.41) is 2.87. The summed E-state index contributed by atoms with van der Waals surface area (Å²) >= 11 is 0. The number of sulfone groups is 1. The van der Waals surface area contributed by atoms with Gasteiger partial charge in [0.1, 0.15) is 5.54 Å². The van der Waals surface area contributed by atoms with E-state index in [-0.39, 0.29) is 10.6 Å². The van der Waals surface area contributed by atoms with Gasteiger partial charge in [-0.15, -0.1) is 0 Å². The van der Waals surface area contributed by atoms with Crippen molar-refractivity contribution in [2.75, 3.05) is 11.1 Å². The van der Waals surface area contributed by atoms with Crippen LogP contribution in [0.5, 0.6) is 0 Å². The molecular weight excluding hydrogens is 252 g/mol. The maximum absolute atomic E-state index is 11.9. The molecule has 0 heterocycles. The lowest BCUT2D eigenvalue weighted by Crippen LogP contribution is -2.45. The molecule has 0 radical (unpaired) electrons. The normalized spacial score (nSPS) is 12.2. The van der Waals surface area contributed by atoms with E-state index in [1.54, 1.807) is 39.0 Å². The molecule has 100 valence electrons. The highest BCUT2D eigenvalue weighted by molar-refractivity contribution is 7.91. The van der Waals surface area contributed by atoms with E-state index in [0.717, 1.165) is 0 Å². The third kappa shape index (κ3) is 3.01. The monoisotopic (exact) mass is 270 g/mol. The number of amides is 1. The minimum Gasteiger partial charge on any atom is -0.371 e. The zero-order valence-corrected chi connectivity index (χ0v) is 11.5. The molecular formula is C12H18N2O3S. The van der Waals surface area contributed by atoms with Gasteiger partial charge in [-0.1, -0.05) is 19.1 Å². The number of hydrogen-bond donors (Lipinski definition) is 2. The molecule has 0 aliphatic carbocycles. The van der Waals surface area contributed by atoms with Crippen molar-refractivity contribution in [3.8, 4) is 0 Å². The van der Waals surface area contributed by atoms with Crippen LogP contribution in [0.2, 0.25) is 0 Å². The van der Waals surface area contributed by atoms with E-state index >= 15 is 0 Å². The summed E-state index contributed by atoms with van der Waals surface area (Å²) in [6.07, 6.45) is 0. The lowest BCUT2D eigenvalue weighted by molar-refractivity contribution is -0.121. The number of rotatable bonds is 5. The average Bonchev–Trinajstić information content (AvgIpc) is 2.29. The molecule has 0 saturated heterocycles. The van der Waals surface area contributed by atoms with Gasteiger partial charge in [-0.25, -0.2) is 8.42 Å². The minimum absolute atomic E-state index is 0.00267. The van der Waals surface area contributed by atoms with Gasteiger partial charge in [0.2, 0.25) is 5.91 Å². The van der Waals surface area contributed by atoms with Crippen LogP contribution in [0.1, 0.15) is 20.8 Å². The SMILES string of the molecule is CCS(=O)(=O)c1ccccc1NC(C)(C)C(N)=O. The van der Waals surface area contributed by atoms with Gasteiger partial charge in [0, 0.05) is 0 Å². The van der Waals surface area contributed by atoms with Gasteiger partial charge in [-0.3, -0.25) is 4.79 Å². The number of primary amides is 1. The second-order valence-electron chi connectivity index (χ2n) is 4.51. The summed E-state index contributed by atoms with van der Waals surface area (Å²) in [6, 6.07) is 6.48. The van der Waals surface area contributed by atoms with E-state index in [1.165, 1.54) is 6.07 Å². The van der Waals surface area contributed by atoms with Gasteiger partial charge >= 0.3 is 0 Å². The Balaban J connectivity index is 3.24. The van der Waals surface area contributed by atoms with Crippen molar-refractivity contribution in [2.24, 2.45) is 5.73 Å². The Hall–Kier alpha value is -1.56. The van der Waals surface area contributed by atoms with E-state index in [4.69, 9.17) is 5.73 Å².